The number of nitrogens with one attached hydrogen (secondary N) is 2. The number of phosphoric ester groups is 1. The van der Waals surface area contributed by atoms with E-state index in [0.29, 0.717) is 0 Å². The van der Waals surface area contributed by atoms with E-state index in [0.717, 1.165) is 9.13 Å². The number of aromatic amines is 2. The zero-order valence-corrected chi connectivity index (χ0v) is 15.7. The van der Waals surface area contributed by atoms with Gasteiger partial charge in [0.25, 0.3) is 5.56 Å². The Balaban J connectivity index is 2.42. The van der Waals surface area contributed by atoms with Crippen LogP contribution in [0.1, 0.15) is 6.42 Å². The quantitative estimate of drug-likeness (QED) is 0.130. The molecular weight excluding hydrogens is 419 g/mol. The highest BCUT2D eigenvalue weighted by molar-refractivity contribution is 7.46. The van der Waals surface area contributed by atoms with Crippen LogP contribution in [-0.4, -0.2) is 80.8 Å². The lowest BCUT2D eigenvalue weighted by atomic mass is 10.1. The van der Waals surface area contributed by atoms with Gasteiger partial charge in [0.2, 0.25) is 0 Å². The summed E-state index contributed by atoms with van der Waals surface area (Å²) in [6, 6.07) is 0. The van der Waals surface area contributed by atoms with Crippen LogP contribution in [0.4, 0.5) is 0 Å². The van der Waals surface area contributed by atoms with E-state index in [9.17, 15) is 34.3 Å². The molecule has 0 aliphatic rings. The van der Waals surface area contributed by atoms with Gasteiger partial charge in [-0.2, -0.15) is 0 Å². The number of H-pyrrole nitrogens is 2. The van der Waals surface area contributed by atoms with Crippen molar-refractivity contribution >= 4 is 19.0 Å². The first-order valence-electron chi connectivity index (χ1n) is 8.27. The first-order valence-corrected chi connectivity index (χ1v) is 9.80. The Labute approximate surface area is 160 Å². The smallest absolute Gasteiger partial charge is 0.394 e. The molecule has 16 heteroatoms. The number of aliphatic hydroxyl groups excluding tert-OH is 4. The van der Waals surface area contributed by atoms with Gasteiger partial charge in [0.1, 0.15) is 24.0 Å². The zero-order chi connectivity index (χ0) is 21.9. The molecule has 164 valence electrons. The molecule has 2 aromatic heterocycles. The standard InChI is InChI=1S/C13H21N4O11P/c18-5-7(20)9(21)6(19)4-17-10-8(11(22)15-12(23)14-10)16(13(17)24)2-1-3-28-29(25,26)27/h6-7,9,18-21H,1-5H2,(H2,25,26,27)(H2,14,15,22,23). The summed E-state index contributed by atoms with van der Waals surface area (Å²) in [4.78, 5) is 58.0. The molecule has 15 nitrogen and oxygen atoms in total. The van der Waals surface area contributed by atoms with Crippen LogP contribution in [0.3, 0.4) is 0 Å². The lowest BCUT2D eigenvalue weighted by Crippen LogP contribution is -2.43. The third kappa shape index (κ3) is 5.49. The van der Waals surface area contributed by atoms with E-state index in [4.69, 9.17) is 14.9 Å². The van der Waals surface area contributed by atoms with Gasteiger partial charge in [-0.05, 0) is 6.42 Å². The number of hydrogen-bond donors (Lipinski definition) is 8. The minimum atomic E-state index is -4.71. The average molecular weight is 440 g/mol. The predicted molar refractivity (Wildman–Crippen MR) is 95.2 cm³/mol. The van der Waals surface area contributed by atoms with Gasteiger partial charge in [-0.3, -0.25) is 28.4 Å². The van der Waals surface area contributed by atoms with Crippen molar-refractivity contribution in [2.24, 2.45) is 0 Å². The van der Waals surface area contributed by atoms with E-state index in [2.05, 4.69) is 9.51 Å². The van der Waals surface area contributed by atoms with E-state index >= 15 is 0 Å². The third-order valence-electron chi connectivity index (χ3n) is 4.03. The second kappa shape index (κ2) is 9.15. The predicted octanol–water partition coefficient (Wildman–Crippen LogP) is -4.25. The molecule has 3 atom stereocenters. The molecule has 0 aliphatic heterocycles. The van der Waals surface area contributed by atoms with Gasteiger partial charge in [0.05, 0.1) is 19.8 Å². The Morgan fingerprint density at radius 2 is 1.69 bits per heavy atom. The molecule has 29 heavy (non-hydrogen) atoms. The Morgan fingerprint density at radius 3 is 2.28 bits per heavy atom. The second-order valence-corrected chi connectivity index (χ2v) is 7.37. The highest BCUT2D eigenvalue weighted by Crippen LogP contribution is 2.35. The number of phosphoric acid groups is 1. The van der Waals surface area contributed by atoms with E-state index in [1.54, 1.807) is 0 Å². The number of aryl methyl sites for hydroxylation is 1. The molecule has 2 rings (SSSR count). The van der Waals surface area contributed by atoms with Crippen LogP contribution < -0.4 is 16.9 Å². The maximum atomic E-state index is 12.7. The Morgan fingerprint density at radius 1 is 1.03 bits per heavy atom. The highest BCUT2D eigenvalue weighted by Gasteiger charge is 2.27. The average Bonchev–Trinajstić information content (AvgIpc) is 2.88. The normalized spacial score (nSPS) is 15.5. The van der Waals surface area contributed by atoms with Gasteiger partial charge in [-0.15, -0.1) is 0 Å². The first kappa shape index (κ1) is 23.2. The summed E-state index contributed by atoms with van der Waals surface area (Å²) in [6.07, 6.45) is -5.34. The summed E-state index contributed by atoms with van der Waals surface area (Å²) in [5.41, 5.74) is -3.31. The highest BCUT2D eigenvalue weighted by atomic mass is 31.2. The number of nitrogens with zero attached hydrogens (tertiary/aromatic N) is 2. The molecule has 0 amide bonds. The number of hydrogen-bond acceptors (Lipinski definition) is 9. The van der Waals surface area contributed by atoms with Crippen LogP contribution in [0.15, 0.2) is 14.4 Å². The molecule has 0 aliphatic carbocycles. The molecule has 0 aromatic carbocycles. The van der Waals surface area contributed by atoms with Gasteiger partial charge < -0.3 is 30.2 Å². The number of fused-ring (bicyclic) bond motifs is 1. The van der Waals surface area contributed by atoms with Gasteiger partial charge in [0.15, 0.2) is 5.52 Å². The molecule has 0 saturated heterocycles. The van der Waals surface area contributed by atoms with Crippen LogP contribution in [-0.2, 0) is 22.2 Å². The van der Waals surface area contributed by atoms with Crippen molar-refractivity contribution in [2.75, 3.05) is 13.2 Å². The summed E-state index contributed by atoms with van der Waals surface area (Å²) >= 11 is 0. The minimum Gasteiger partial charge on any atom is -0.394 e. The van der Waals surface area contributed by atoms with Gasteiger partial charge in [-0.1, -0.05) is 0 Å². The van der Waals surface area contributed by atoms with Gasteiger partial charge in [0, 0.05) is 6.54 Å². The summed E-state index contributed by atoms with van der Waals surface area (Å²) < 4.78 is 16.7. The minimum absolute atomic E-state index is 0.0862. The fourth-order valence-corrected chi connectivity index (χ4v) is 3.06. The molecule has 2 heterocycles. The Bertz CT molecular complexity index is 1060. The largest absolute Gasteiger partial charge is 0.469 e. The summed E-state index contributed by atoms with van der Waals surface area (Å²) in [5.74, 6) is 0. The van der Waals surface area contributed by atoms with Crippen molar-refractivity contribution in [1.82, 2.24) is 19.1 Å². The molecule has 0 fully saturated rings. The van der Waals surface area contributed by atoms with Crippen molar-refractivity contribution in [3.8, 4) is 0 Å². The van der Waals surface area contributed by atoms with E-state index in [1.165, 1.54) is 0 Å². The molecule has 0 saturated carbocycles. The van der Waals surface area contributed by atoms with Gasteiger partial charge in [-0.25, -0.2) is 14.2 Å². The Hall–Kier alpha value is -2.10. The van der Waals surface area contributed by atoms with Crippen LogP contribution in [0.2, 0.25) is 0 Å². The molecule has 2 aromatic rings. The van der Waals surface area contributed by atoms with Crippen molar-refractivity contribution < 1.29 is 39.3 Å². The van der Waals surface area contributed by atoms with Crippen molar-refractivity contribution in [2.45, 2.75) is 37.8 Å². The first-order chi connectivity index (χ1) is 13.5. The molecule has 3 unspecified atom stereocenters. The second-order valence-electron chi connectivity index (χ2n) is 6.14. The maximum Gasteiger partial charge on any atom is 0.469 e. The lowest BCUT2D eigenvalue weighted by Gasteiger charge is -2.21. The maximum absolute atomic E-state index is 12.7. The SMILES string of the molecule is O=c1[nH]c(=O)c2c([nH]1)n(CC(O)C(O)C(O)CO)c(=O)n2CCCOP(=O)(O)O. The van der Waals surface area contributed by atoms with Crippen molar-refractivity contribution in [3.63, 3.8) is 0 Å². The topological polar surface area (TPSA) is 240 Å². The Kier molecular flexibility index (Phi) is 7.31. The molecule has 8 N–H and O–H groups in total. The molecule has 0 bridgehead atoms. The van der Waals surface area contributed by atoms with Crippen LogP contribution in [0, 0.1) is 0 Å². The van der Waals surface area contributed by atoms with Crippen LogP contribution in [0.25, 0.3) is 11.2 Å². The number of aromatic nitrogens is 4. The third-order valence-corrected chi connectivity index (χ3v) is 4.55. The number of rotatable bonds is 10. The van der Waals surface area contributed by atoms with Crippen LogP contribution >= 0.6 is 7.82 Å². The fourth-order valence-electron chi connectivity index (χ4n) is 2.69. The van der Waals surface area contributed by atoms with Crippen molar-refractivity contribution in [3.05, 3.63) is 31.3 Å². The monoisotopic (exact) mass is 440 g/mol. The van der Waals surface area contributed by atoms with Crippen molar-refractivity contribution in [1.29, 1.82) is 0 Å². The van der Waals surface area contributed by atoms with E-state index in [-0.39, 0.29) is 24.1 Å². The van der Waals surface area contributed by atoms with Crippen LogP contribution in [0.5, 0.6) is 0 Å². The number of imidazole rings is 1. The van der Waals surface area contributed by atoms with Gasteiger partial charge >= 0.3 is 19.2 Å². The fraction of sp³-hybridized carbons (Fsp3) is 0.615. The number of aliphatic hydroxyl groups is 4. The van der Waals surface area contributed by atoms with E-state index in [1.807, 2.05) is 4.98 Å². The van der Waals surface area contributed by atoms with E-state index < -0.39 is 62.8 Å². The molecule has 0 spiro atoms. The summed E-state index contributed by atoms with van der Waals surface area (Å²) in [5, 5.41) is 38.1. The zero-order valence-electron chi connectivity index (χ0n) is 14.8. The molecular formula is C13H21N4O11P. The lowest BCUT2D eigenvalue weighted by molar-refractivity contribution is -0.0806. The molecule has 0 radical (unpaired) electrons. The summed E-state index contributed by atoms with van der Waals surface area (Å²) in [6.45, 7) is -2.16. The summed E-state index contributed by atoms with van der Waals surface area (Å²) in [7, 11) is -4.71.